The minimum Gasteiger partial charge on any atom is -0.353 e. The molecule has 0 aliphatic carbocycles. The number of likely N-dealkylation sites (tertiary alicyclic amines) is 1. The molecule has 36 heavy (non-hydrogen) atoms. The smallest absolute Gasteiger partial charge is 0.243 e. The average molecular weight is 478 g/mol. The first-order valence-corrected chi connectivity index (χ1v) is 13.2. The number of nitrogens with zero attached hydrogens (tertiary/aromatic N) is 2. The molecule has 0 unspecified atom stereocenters. The monoisotopic (exact) mass is 477 g/mol. The Kier molecular flexibility index (Phi) is 8.04. The van der Waals surface area contributed by atoms with Gasteiger partial charge in [0.05, 0.1) is 0 Å². The van der Waals surface area contributed by atoms with E-state index in [2.05, 4.69) is 69.8 Å². The third-order valence-electron chi connectivity index (χ3n) is 7.42. The van der Waals surface area contributed by atoms with Crippen LogP contribution in [-0.2, 0) is 11.3 Å². The Bertz CT molecular complexity index is 1270. The van der Waals surface area contributed by atoms with E-state index in [0.29, 0.717) is 0 Å². The molecule has 0 atom stereocenters. The van der Waals surface area contributed by atoms with Gasteiger partial charge in [0.1, 0.15) is 0 Å². The van der Waals surface area contributed by atoms with E-state index in [1.807, 2.05) is 12.1 Å². The van der Waals surface area contributed by atoms with Crippen LogP contribution in [0.25, 0.3) is 27.6 Å². The lowest BCUT2D eigenvalue weighted by atomic mass is 9.90. The van der Waals surface area contributed by atoms with Gasteiger partial charge in [-0.3, -0.25) is 14.7 Å². The number of carbonyl (C=O) groups is 1. The zero-order valence-corrected chi connectivity index (χ0v) is 20.9. The SMILES string of the molecule is O=C(C=Cc1cccnc1)NCCCCC1CCN(Cc2c3ccccc3cc3ccccc23)CC1. The van der Waals surface area contributed by atoms with Crippen molar-refractivity contribution in [2.45, 2.75) is 38.6 Å². The molecular formula is C32H35N3O. The zero-order valence-electron chi connectivity index (χ0n) is 20.9. The number of amides is 1. The standard InChI is InChI=1S/C32H35N3O/c36-32(15-14-26-9-7-18-33-23-26)34-19-6-5-8-25-16-20-35(21-17-25)24-31-29-12-3-1-10-27(29)22-28-11-2-4-13-30(28)31/h1-4,7,9-15,18,22-23,25H,5-6,8,16-17,19-21,24H2,(H,34,36). The van der Waals surface area contributed by atoms with Crippen molar-refractivity contribution < 1.29 is 4.79 Å². The molecule has 0 saturated carbocycles. The fourth-order valence-corrected chi connectivity index (χ4v) is 5.41. The Balaban J connectivity index is 1.06. The zero-order chi connectivity index (χ0) is 24.6. The highest BCUT2D eigenvalue weighted by Gasteiger charge is 2.20. The Morgan fingerprint density at radius 1 is 0.944 bits per heavy atom. The Labute approximate surface area is 214 Å². The third-order valence-corrected chi connectivity index (χ3v) is 7.42. The lowest BCUT2D eigenvalue weighted by molar-refractivity contribution is -0.116. The van der Waals surface area contributed by atoms with Gasteiger partial charge < -0.3 is 5.32 Å². The number of nitrogens with one attached hydrogen (secondary N) is 1. The van der Waals surface area contributed by atoms with Crippen molar-refractivity contribution in [3.8, 4) is 0 Å². The van der Waals surface area contributed by atoms with Gasteiger partial charge in [-0.2, -0.15) is 0 Å². The molecule has 1 aliphatic heterocycles. The molecule has 1 N–H and O–H groups in total. The summed E-state index contributed by atoms with van der Waals surface area (Å²) >= 11 is 0. The summed E-state index contributed by atoms with van der Waals surface area (Å²) in [5.74, 6) is 0.764. The van der Waals surface area contributed by atoms with Gasteiger partial charge in [0, 0.05) is 31.6 Å². The van der Waals surface area contributed by atoms with Crippen LogP contribution in [0, 0.1) is 5.92 Å². The van der Waals surface area contributed by atoms with Crippen molar-refractivity contribution in [2.24, 2.45) is 5.92 Å². The number of carbonyl (C=O) groups excluding carboxylic acids is 1. The maximum Gasteiger partial charge on any atom is 0.243 e. The molecule has 0 bridgehead atoms. The summed E-state index contributed by atoms with van der Waals surface area (Å²) in [5, 5.41) is 8.44. The predicted octanol–water partition coefficient (Wildman–Crippen LogP) is 6.60. The molecule has 4 aromatic rings. The van der Waals surface area contributed by atoms with E-state index in [4.69, 9.17) is 0 Å². The molecule has 4 heteroatoms. The molecule has 2 heterocycles. The first kappa shape index (κ1) is 24.2. The Morgan fingerprint density at radius 3 is 2.36 bits per heavy atom. The lowest BCUT2D eigenvalue weighted by Gasteiger charge is -2.32. The number of fused-ring (bicyclic) bond motifs is 2. The molecule has 1 saturated heterocycles. The van der Waals surface area contributed by atoms with E-state index >= 15 is 0 Å². The number of aromatic nitrogens is 1. The fraction of sp³-hybridized carbons (Fsp3) is 0.312. The highest BCUT2D eigenvalue weighted by molar-refractivity contribution is 6.02. The van der Waals surface area contributed by atoms with Gasteiger partial charge >= 0.3 is 0 Å². The van der Waals surface area contributed by atoms with E-state index in [0.717, 1.165) is 44.1 Å². The summed E-state index contributed by atoms with van der Waals surface area (Å²) in [7, 11) is 0. The molecule has 1 amide bonds. The number of rotatable bonds is 9. The normalized spacial score (nSPS) is 15.1. The molecule has 1 aliphatic rings. The van der Waals surface area contributed by atoms with Crippen LogP contribution >= 0.6 is 0 Å². The van der Waals surface area contributed by atoms with Crippen LogP contribution in [0.2, 0.25) is 0 Å². The van der Waals surface area contributed by atoms with E-state index < -0.39 is 0 Å². The maximum absolute atomic E-state index is 12.0. The van der Waals surface area contributed by atoms with Crippen molar-refractivity contribution in [2.75, 3.05) is 19.6 Å². The summed E-state index contributed by atoms with van der Waals surface area (Å²) in [6.07, 6.45) is 12.9. The van der Waals surface area contributed by atoms with Crippen molar-refractivity contribution in [1.82, 2.24) is 15.2 Å². The maximum atomic E-state index is 12.0. The topological polar surface area (TPSA) is 45.2 Å². The van der Waals surface area contributed by atoms with Crippen LogP contribution in [0.1, 0.15) is 43.2 Å². The average Bonchev–Trinajstić information content (AvgIpc) is 2.93. The molecule has 3 aromatic carbocycles. The van der Waals surface area contributed by atoms with E-state index in [9.17, 15) is 4.79 Å². The van der Waals surface area contributed by atoms with Crippen LogP contribution in [0.4, 0.5) is 0 Å². The highest BCUT2D eigenvalue weighted by atomic mass is 16.1. The minimum absolute atomic E-state index is 0.0341. The largest absolute Gasteiger partial charge is 0.353 e. The molecule has 1 aromatic heterocycles. The van der Waals surface area contributed by atoms with Crippen LogP contribution in [0.15, 0.2) is 85.2 Å². The number of piperidine rings is 1. The van der Waals surface area contributed by atoms with Crippen LogP contribution < -0.4 is 5.32 Å². The first-order valence-electron chi connectivity index (χ1n) is 13.2. The van der Waals surface area contributed by atoms with Gasteiger partial charge in [-0.15, -0.1) is 0 Å². The first-order chi connectivity index (χ1) is 17.8. The Hall–Kier alpha value is -3.50. The molecule has 4 nitrogen and oxygen atoms in total. The lowest BCUT2D eigenvalue weighted by Crippen LogP contribution is -2.33. The van der Waals surface area contributed by atoms with Gasteiger partial charge in [0.15, 0.2) is 0 Å². The van der Waals surface area contributed by atoms with Gasteiger partial charge in [0.2, 0.25) is 5.91 Å². The van der Waals surface area contributed by atoms with Gasteiger partial charge in [0.25, 0.3) is 0 Å². The summed E-state index contributed by atoms with van der Waals surface area (Å²) in [5.41, 5.74) is 2.41. The molecule has 0 spiro atoms. The van der Waals surface area contributed by atoms with E-state index in [1.165, 1.54) is 52.8 Å². The van der Waals surface area contributed by atoms with Crippen LogP contribution in [-0.4, -0.2) is 35.4 Å². The number of hydrogen-bond donors (Lipinski definition) is 1. The summed E-state index contributed by atoms with van der Waals surface area (Å²) in [4.78, 5) is 18.7. The summed E-state index contributed by atoms with van der Waals surface area (Å²) in [6.45, 7) is 4.09. The summed E-state index contributed by atoms with van der Waals surface area (Å²) < 4.78 is 0. The van der Waals surface area contributed by atoms with Gasteiger partial charge in [-0.1, -0.05) is 67.4 Å². The third kappa shape index (κ3) is 6.19. The van der Waals surface area contributed by atoms with Crippen molar-refractivity contribution in [1.29, 1.82) is 0 Å². The minimum atomic E-state index is -0.0341. The van der Waals surface area contributed by atoms with E-state index in [-0.39, 0.29) is 5.91 Å². The number of benzene rings is 3. The second-order valence-electron chi connectivity index (χ2n) is 9.92. The second kappa shape index (κ2) is 12.0. The van der Waals surface area contributed by atoms with Gasteiger partial charge in [-0.25, -0.2) is 0 Å². The highest BCUT2D eigenvalue weighted by Crippen LogP contribution is 2.31. The van der Waals surface area contributed by atoms with Crippen LogP contribution in [0.3, 0.4) is 0 Å². The summed E-state index contributed by atoms with van der Waals surface area (Å²) in [6, 6.07) is 23.7. The van der Waals surface area contributed by atoms with Gasteiger partial charge in [-0.05, 0) is 89.2 Å². The van der Waals surface area contributed by atoms with Crippen molar-refractivity contribution >= 4 is 33.5 Å². The number of hydrogen-bond acceptors (Lipinski definition) is 3. The van der Waals surface area contributed by atoms with Crippen molar-refractivity contribution in [3.05, 3.63) is 96.3 Å². The number of pyridine rings is 1. The molecule has 0 radical (unpaired) electrons. The molecular weight excluding hydrogens is 442 g/mol. The molecule has 184 valence electrons. The van der Waals surface area contributed by atoms with E-state index in [1.54, 1.807) is 24.5 Å². The Morgan fingerprint density at radius 2 is 1.67 bits per heavy atom. The quantitative estimate of drug-likeness (QED) is 0.168. The van der Waals surface area contributed by atoms with Crippen molar-refractivity contribution in [3.63, 3.8) is 0 Å². The second-order valence-corrected chi connectivity index (χ2v) is 9.92. The van der Waals surface area contributed by atoms with Crippen LogP contribution in [0.5, 0.6) is 0 Å². The molecule has 1 fully saturated rings. The predicted molar refractivity (Wildman–Crippen MR) is 150 cm³/mol. The fourth-order valence-electron chi connectivity index (χ4n) is 5.41. The molecule has 5 rings (SSSR count). The number of unbranched alkanes of at least 4 members (excludes halogenated alkanes) is 1.